The van der Waals surface area contributed by atoms with Gasteiger partial charge in [-0.05, 0) is 25.0 Å². The predicted molar refractivity (Wildman–Crippen MR) is 73.7 cm³/mol. The van der Waals surface area contributed by atoms with Crippen molar-refractivity contribution in [2.75, 3.05) is 19.8 Å². The van der Waals surface area contributed by atoms with Gasteiger partial charge in [-0.2, -0.15) is 0 Å². The number of ether oxygens (including phenoxy) is 2. The summed E-state index contributed by atoms with van der Waals surface area (Å²) in [6, 6.07) is 5.37. The molecule has 0 aromatic heterocycles. The molecule has 0 bridgehead atoms. The summed E-state index contributed by atoms with van der Waals surface area (Å²) in [5, 5.41) is 8.83. The van der Waals surface area contributed by atoms with Gasteiger partial charge in [-0.3, -0.25) is 9.59 Å². The number of rotatable bonds is 5. The number of hydrogen-bond donors (Lipinski definition) is 1. The summed E-state index contributed by atoms with van der Waals surface area (Å²) < 4.78 is 11.0. The number of amides is 1. The van der Waals surface area contributed by atoms with Crippen LogP contribution in [0.5, 0.6) is 11.5 Å². The Morgan fingerprint density at radius 1 is 1.24 bits per heavy atom. The molecule has 6 nitrogen and oxygen atoms in total. The van der Waals surface area contributed by atoms with Crippen molar-refractivity contribution in [1.82, 2.24) is 4.90 Å². The number of benzene rings is 1. The van der Waals surface area contributed by atoms with Gasteiger partial charge >= 0.3 is 5.97 Å². The van der Waals surface area contributed by atoms with Crippen LogP contribution >= 0.6 is 0 Å². The zero-order valence-corrected chi connectivity index (χ0v) is 11.6. The minimum Gasteiger partial charge on any atom is -0.486 e. The van der Waals surface area contributed by atoms with Gasteiger partial charge in [0.25, 0.3) is 5.91 Å². The summed E-state index contributed by atoms with van der Waals surface area (Å²) in [4.78, 5) is 25.1. The Hall–Kier alpha value is -2.24. The van der Waals surface area contributed by atoms with Crippen LogP contribution in [-0.2, 0) is 4.79 Å². The maximum atomic E-state index is 12.7. The second-order valence-electron chi connectivity index (χ2n) is 5.20. The lowest BCUT2D eigenvalue weighted by Crippen LogP contribution is -2.35. The number of carboxylic acids is 1. The van der Waals surface area contributed by atoms with Crippen LogP contribution in [0.4, 0.5) is 0 Å². The van der Waals surface area contributed by atoms with Gasteiger partial charge in [-0.1, -0.05) is 6.07 Å². The van der Waals surface area contributed by atoms with E-state index in [1.807, 2.05) is 0 Å². The number of hydrogen-bond acceptors (Lipinski definition) is 4. The van der Waals surface area contributed by atoms with Gasteiger partial charge in [-0.15, -0.1) is 0 Å². The molecule has 1 aromatic carbocycles. The highest BCUT2D eigenvalue weighted by molar-refractivity contribution is 5.98. The van der Waals surface area contributed by atoms with Crippen molar-refractivity contribution in [3.8, 4) is 11.5 Å². The summed E-state index contributed by atoms with van der Waals surface area (Å²) in [6.07, 6.45) is 1.81. The van der Waals surface area contributed by atoms with Crippen molar-refractivity contribution in [3.05, 3.63) is 23.8 Å². The van der Waals surface area contributed by atoms with Gasteiger partial charge in [-0.25, -0.2) is 0 Å². The van der Waals surface area contributed by atoms with Crippen LogP contribution in [0, 0.1) is 0 Å². The average molecular weight is 291 g/mol. The molecule has 3 rings (SSSR count). The summed E-state index contributed by atoms with van der Waals surface area (Å²) in [6.45, 7) is 1.11. The van der Waals surface area contributed by atoms with Crippen LogP contribution in [0.3, 0.4) is 0 Å². The zero-order chi connectivity index (χ0) is 14.8. The number of carbonyl (C=O) groups is 2. The van der Waals surface area contributed by atoms with Gasteiger partial charge in [0.1, 0.15) is 13.2 Å². The van der Waals surface area contributed by atoms with Gasteiger partial charge in [0.15, 0.2) is 11.5 Å². The molecule has 2 aliphatic rings. The van der Waals surface area contributed by atoms with Crippen molar-refractivity contribution in [2.45, 2.75) is 25.3 Å². The largest absolute Gasteiger partial charge is 0.486 e. The predicted octanol–water partition coefficient (Wildman–Crippen LogP) is 1.54. The van der Waals surface area contributed by atoms with Gasteiger partial charge < -0.3 is 19.5 Å². The first-order valence-corrected chi connectivity index (χ1v) is 7.08. The smallest absolute Gasteiger partial charge is 0.305 e. The molecule has 1 aliphatic heterocycles. The van der Waals surface area contributed by atoms with E-state index < -0.39 is 5.97 Å². The SMILES string of the molecule is O=C(O)CCN(C(=O)c1cccc2c1OCCO2)C1CC1. The molecule has 0 unspecified atom stereocenters. The standard InChI is InChI=1S/C15H17NO5/c17-13(18)6-7-16(10-4-5-10)15(19)11-2-1-3-12-14(11)21-9-8-20-12/h1-3,10H,4-9H2,(H,17,18). The number of fused-ring (bicyclic) bond motifs is 1. The molecule has 0 saturated heterocycles. The molecule has 21 heavy (non-hydrogen) atoms. The fraction of sp³-hybridized carbons (Fsp3) is 0.467. The number of carboxylic acid groups (broad SMARTS) is 1. The maximum absolute atomic E-state index is 12.7. The molecule has 1 fully saturated rings. The molecular weight excluding hydrogens is 274 g/mol. The average Bonchev–Trinajstić information content (AvgIpc) is 3.31. The highest BCUT2D eigenvalue weighted by Crippen LogP contribution is 2.36. The van der Waals surface area contributed by atoms with E-state index in [0.29, 0.717) is 30.3 Å². The molecule has 1 heterocycles. The van der Waals surface area contributed by atoms with E-state index >= 15 is 0 Å². The van der Waals surface area contributed by atoms with Crippen LogP contribution < -0.4 is 9.47 Å². The Kier molecular flexibility index (Phi) is 3.68. The lowest BCUT2D eigenvalue weighted by molar-refractivity contribution is -0.137. The summed E-state index contributed by atoms with van der Waals surface area (Å²) in [5.74, 6) is -0.0416. The lowest BCUT2D eigenvalue weighted by atomic mass is 10.1. The van der Waals surface area contributed by atoms with Crippen LogP contribution in [0.15, 0.2) is 18.2 Å². The van der Waals surface area contributed by atoms with Gasteiger partial charge in [0, 0.05) is 12.6 Å². The van der Waals surface area contributed by atoms with E-state index in [2.05, 4.69) is 0 Å². The zero-order valence-electron chi connectivity index (χ0n) is 11.6. The molecule has 0 atom stereocenters. The van der Waals surface area contributed by atoms with Crippen LogP contribution in [-0.4, -0.2) is 47.7 Å². The Bertz CT molecular complexity index is 567. The third kappa shape index (κ3) is 2.94. The topological polar surface area (TPSA) is 76.1 Å². The molecule has 112 valence electrons. The first-order valence-electron chi connectivity index (χ1n) is 7.08. The van der Waals surface area contributed by atoms with Crippen molar-refractivity contribution in [3.63, 3.8) is 0 Å². The van der Waals surface area contributed by atoms with Crippen LogP contribution in [0.1, 0.15) is 29.6 Å². The van der Waals surface area contributed by atoms with Crippen LogP contribution in [0.2, 0.25) is 0 Å². The number of carbonyl (C=O) groups excluding carboxylic acids is 1. The van der Waals surface area contributed by atoms with Gasteiger partial charge in [0.05, 0.1) is 12.0 Å². The third-order valence-corrected chi connectivity index (χ3v) is 3.61. The fourth-order valence-electron chi connectivity index (χ4n) is 2.45. The normalized spacial score (nSPS) is 16.4. The summed E-state index contributed by atoms with van der Waals surface area (Å²) >= 11 is 0. The van der Waals surface area contributed by atoms with E-state index in [1.165, 1.54) is 0 Å². The Morgan fingerprint density at radius 2 is 2.00 bits per heavy atom. The molecular formula is C15H17NO5. The lowest BCUT2D eigenvalue weighted by Gasteiger charge is -2.25. The first kappa shape index (κ1) is 13.7. The Balaban J connectivity index is 1.84. The summed E-state index contributed by atoms with van der Waals surface area (Å²) in [7, 11) is 0. The minimum absolute atomic E-state index is 0.0470. The highest BCUT2D eigenvalue weighted by atomic mass is 16.6. The second kappa shape index (κ2) is 5.63. The molecule has 0 spiro atoms. The monoisotopic (exact) mass is 291 g/mol. The molecule has 1 aromatic rings. The minimum atomic E-state index is -0.900. The second-order valence-corrected chi connectivity index (χ2v) is 5.20. The first-order chi connectivity index (χ1) is 10.2. The maximum Gasteiger partial charge on any atom is 0.305 e. The molecule has 1 saturated carbocycles. The highest BCUT2D eigenvalue weighted by Gasteiger charge is 2.35. The van der Waals surface area contributed by atoms with Gasteiger partial charge in [0.2, 0.25) is 0 Å². The van der Waals surface area contributed by atoms with Crippen molar-refractivity contribution in [1.29, 1.82) is 0 Å². The number of aliphatic carboxylic acids is 1. The van der Waals surface area contributed by atoms with E-state index in [-0.39, 0.29) is 24.9 Å². The van der Waals surface area contributed by atoms with Crippen molar-refractivity contribution in [2.24, 2.45) is 0 Å². The van der Waals surface area contributed by atoms with E-state index in [9.17, 15) is 9.59 Å². The van der Waals surface area contributed by atoms with E-state index in [1.54, 1.807) is 23.1 Å². The molecule has 6 heteroatoms. The third-order valence-electron chi connectivity index (χ3n) is 3.61. The fourth-order valence-corrected chi connectivity index (χ4v) is 2.45. The molecule has 1 aliphatic carbocycles. The molecule has 1 N–H and O–H groups in total. The quantitative estimate of drug-likeness (QED) is 0.890. The van der Waals surface area contributed by atoms with Crippen molar-refractivity contribution >= 4 is 11.9 Å². The van der Waals surface area contributed by atoms with E-state index in [4.69, 9.17) is 14.6 Å². The number of nitrogens with zero attached hydrogens (tertiary/aromatic N) is 1. The van der Waals surface area contributed by atoms with Crippen LogP contribution in [0.25, 0.3) is 0 Å². The van der Waals surface area contributed by atoms with Crippen molar-refractivity contribution < 1.29 is 24.2 Å². The van der Waals surface area contributed by atoms with E-state index in [0.717, 1.165) is 12.8 Å². The Morgan fingerprint density at radius 3 is 2.71 bits per heavy atom. The molecule has 0 radical (unpaired) electrons. The summed E-state index contributed by atoms with van der Waals surface area (Å²) in [5.41, 5.74) is 0.449. The number of para-hydroxylation sites is 1. The Labute approximate surface area is 122 Å². The molecule has 1 amide bonds.